The minimum atomic E-state index is -0.753. The van der Waals surface area contributed by atoms with Gasteiger partial charge in [0.25, 0.3) is 0 Å². The molecule has 4 heteroatoms. The van der Waals surface area contributed by atoms with Crippen molar-refractivity contribution in [1.82, 2.24) is 4.90 Å². The van der Waals surface area contributed by atoms with Crippen molar-refractivity contribution in [2.24, 2.45) is 11.3 Å². The van der Waals surface area contributed by atoms with Crippen LogP contribution in [0.3, 0.4) is 0 Å². The number of nitriles is 1. The highest BCUT2D eigenvalue weighted by Crippen LogP contribution is 2.39. The van der Waals surface area contributed by atoms with Crippen molar-refractivity contribution in [3.63, 3.8) is 0 Å². The third-order valence-corrected chi connectivity index (χ3v) is 4.17. The highest BCUT2D eigenvalue weighted by atomic mass is 16.3. The average Bonchev–Trinajstić information content (AvgIpc) is 2.75. The number of rotatable bonds is 3. The summed E-state index contributed by atoms with van der Waals surface area (Å²) in [7, 11) is 1.78. The number of amides is 1. The molecule has 0 heterocycles. The lowest BCUT2D eigenvalue weighted by molar-refractivity contribution is -0.139. The van der Waals surface area contributed by atoms with Crippen LogP contribution in [-0.2, 0) is 4.79 Å². The van der Waals surface area contributed by atoms with Crippen LogP contribution in [0, 0.1) is 22.7 Å². The molecular weight excluding hydrogens is 216 g/mol. The van der Waals surface area contributed by atoms with Gasteiger partial charge in [0.05, 0.1) is 12.2 Å². The Morgan fingerprint density at radius 2 is 2.06 bits per heavy atom. The molecule has 1 N–H and O–H groups in total. The Morgan fingerprint density at radius 1 is 1.47 bits per heavy atom. The molecule has 2 aliphatic rings. The first-order valence-electron chi connectivity index (χ1n) is 6.42. The van der Waals surface area contributed by atoms with Gasteiger partial charge in [0, 0.05) is 13.6 Å². The van der Waals surface area contributed by atoms with Crippen molar-refractivity contribution in [1.29, 1.82) is 5.26 Å². The van der Waals surface area contributed by atoms with E-state index in [1.807, 2.05) is 0 Å². The molecule has 2 fully saturated rings. The molecule has 17 heavy (non-hydrogen) atoms. The van der Waals surface area contributed by atoms with E-state index in [1.54, 1.807) is 11.9 Å². The van der Waals surface area contributed by atoms with E-state index in [-0.39, 0.29) is 12.0 Å². The van der Waals surface area contributed by atoms with Crippen molar-refractivity contribution < 1.29 is 9.90 Å². The van der Waals surface area contributed by atoms with Gasteiger partial charge in [0.15, 0.2) is 0 Å². The normalized spacial score (nSPS) is 30.4. The third kappa shape index (κ3) is 2.30. The average molecular weight is 236 g/mol. The maximum absolute atomic E-state index is 12.3. The minimum absolute atomic E-state index is 0.0149. The molecule has 0 spiro atoms. The van der Waals surface area contributed by atoms with E-state index in [2.05, 4.69) is 6.07 Å². The first-order valence-corrected chi connectivity index (χ1v) is 6.42. The summed E-state index contributed by atoms with van der Waals surface area (Å²) in [6.07, 6.45) is 4.78. The van der Waals surface area contributed by atoms with Gasteiger partial charge in [-0.15, -0.1) is 0 Å². The van der Waals surface area contributed by atoms with Gasteiger partial charge in [-0.2, -0.15) is 5.26 Å². The molecule has 94 valence electrons. The molecule has 1 amide bonds. The van der Waals surface area contributed by atoms with Crippen molar-refractivity contribution in [2.75, 3.05) is 13.6 Å². The van der Waals surface area contributed by atoms with Gasteiger partial charge in [-0.25, -0.2) is 0 Å². The molecule has 2 saturated carbocycles. The molecule has 0 aromatic heterocycles. The summed E-state index contributed by atoms with van der Waals surface area (Å²) in [5, 5.41) is 18.5. The fourth-order valence-electron chi connectivity index (χ4n) is 3.04. The minimum Gasteiger partial charge on any atom is -0.393 e. The maximum atomic E-state index is 12.3. The number of aliphatic hydroxyl groups is 1. The van der Waals surface area contributed by atoms with E-state index in [0.717, 1.165) is 25.7 Å². The molecular formula is C13H20N2O2. The summed E-state index contributed by atoms with van der Waals surface area (Å²) in [5.74, 6) is 0.398. The van der Waals surface area contributed by atoms with E-state index in [4.69, 9.17) is 0 Å². The zero-order valence-corrected chi connectivity index (χ0v) is 10.4. The fourth-order valence-corrected chi connectivity index (χ4v) is 3.04. The predicted molar refractivity (Wildman–Crippen MR) is 62.9 cm³/mol. The van der Waals surface area contributed by atoms with Crippen LogP contribution in [0.4, 0.5) is 0 Å². The van der Waals surface area contributed by atoms with Gasteiger partial charge in [-0.3, -0.25) is 4.79 Å². The van der Waals surface area contributed by atoms with Gasteiger partial charge in [-0.1, -0.05) is 12.8 Å². The molecule has 0 atom stereocenters. The van der Waals surface area contributed by atoms with Crippen molar-refractivity contribution in [3.05, 3.63) is 0 Å². The Morgan fingerprint density at radius 3 is 2.53 bits per heavy atom. The van der Waals surface area contributed by atoms with Gasteiger partial charge in [0.1, 0.15) is 5.41 Å². The summed E-state index contributed by atoms with van der Waals surface area (Å²) < 4.78 is 0. The lowest BCUT2D eigenvalue weighted by Gasteiger charge is -2.36. The second kappa shape index (κ2) is 4.66. The molecule has 0 aromatic carbocycles. The lowest BCUT2D eigenvalue weighted by atomic mass is 9.81. The highest BCUT2D eigenvalue weighted by Gasteiger charge is 2.43. The molecule has 0 unspecified atom stereocenters. The van der Waals surface area contributed by atoms with Gasteiger partial charge in [0.2, 0.25) is 5.91 Å². The topological polar surface area (TPSA) is 64.3 Å². The second-order valence-corrected chi connectivity index (χ2v) is 5.58. The number of carbonyl (C=O) groups excluding carboxylic acids is 1. The summed E-state index contributed by atoms with van der Waals surface area (Å²) in [5.41, 5.74) is -0.753. The molecule has 0 radical (unpaired) electrons. The summed E-state index contributed by atoms with van der Waals surface area (Å²) in [4.78, 5) is 14.0. The number of nitrogens with zero attached hydrogens (tertiary/aromatic N) is 2. The van der Waals surface area contributed by atoms with E-state index >= 15 is 0 Å². The Labute approximate surface area is 102 Å². The SMILES string of the molecule is CN(CC1CC(O)C1)C(=O)C1(C#N)CCCC1. The standard InChI is InChI=1S/C13H20N2O2/c1-15(8-10-6-11(16)7-10)12(17)13(9-14)4-2-3-5-13/h10-11,16H,2-8H2,1H3. The Balaban J connectivity index is 1.92. The molecule has 2 aliphatic carbocycles. The number of hydrogen-bond donors (Lipinski definition) is 1. The fraction of sp³-hybridized carbons (Fsp3) is 0.846. The zero-order chi connectivity index (χ0) is 12.5. The monoisotopic (exact) mass is 236 g/mol. The van der Waals surface area contributed by atoms with Crippen molar-refractivity contribution in [3.8, 4) is 6.07 Å². The van der Waals surface area contributed by atoms with E-state index < -0.39 is 5.41 Å². The van der Waals surface area contributed by atoms with E-state index in [0.29, 0.717) is 25.3 Å². The number of hydrogen-bond acceptors (Lipinski definition) is 3. The summed E-state index contributed by atoms with van der Waals surface area (Å²) in [6.45, 7) is 0.680. The first-order chi connectivity index (χ1) is 8.07. The Kier molecular flexibility index (Phi) is 3.39. The maximum Gasteiger partial charge on any atom is 0.242 e. The van der Waals surface area contributed by atoms with Crippen LogP contribution in [0.2, 0.25) is 0 Å². The summed E-state index contributed by atoms with van der Waals surface area (Å²) in [6, 6.07) is 2.24. The van der Waals surface area contributed by atoms with Crippen LogP contribution >= 0.6 is 0 Å². The number of aliphatic hydroxyl groups excluding tert-OH is 1. The largest absolute Gasteiger partial charge is 0.393 e. The molecule has 0 saturated heterocycles. The van der Waals surface area contributed by atoms with Crippen molar-refractivity contribution in [2.45, 2.75) is 44.6 Å². The second-order valence-electron chi connectivity index (χ2n) is 5.58. The predicted octanol–water partition coefficient (Wildman–Crippen LogP) is 1.30. The third-order valence-electron chi connectivity index (χ3n) is 4.17. The van der Waals surface area contributed by atoms with Gasteiger partial charge >= 0.3 is 0 Å². The molecule has 0 aliphatic heterocycles. The van der Waals surface area contributed by atoms with Gasteiger partial charge in [-0.05, 0) is 31.6 Å². The van der Waals surface area contributed by atoms with E-state index in [9.17, 15) is 15.2 Å². The first kappa shape index (κ1) is 12.4. The van der Waals surface area contributed by atoms with Crippen LogP contribution in [0.15, 0.2) is 0 Å². The van der Waals surface area contributed by atoms with Crippen LogP contribution in [-0.4, -0.2) is 35.6 Å². The molecule has 2 rings (SSSR count). The van der Waals surface area contributed by atoms with Crippen LogP contribution < -0.4 is 0 Å². The van der Waals surface area contributed by atoms with Crippen molar-refractivity contribution >= 4 is 5.91 Å². The van der Waals surface area contributed by atoms with Gasteiger partial charge < -0.3 is 10.0 Å². The lowest BCUT2D eigenvalue weighted by Crippen LogP contribution is -2.45. The van der Waals surface area contributed by atoms with Crippen LogP contribution in [0.1, 0.15) is 38.5 Å². The zero-order valence-electron chi connectivity index (χ0n) is 10.4. The van der Waals surface area contributed by atoms with Crippen LogP contribution in [0.25, 0.3) is 0 Å². The summed E-state index contributed by atoms with van der Waals surface area (Å²) >= 11 is 0. The molecule has 4 nitrogen and oxygen atoms in total. The van der Waals surface area contributed by atoms with Crippen LogP contribution in [0.5, 0.6) is 0 Å². The highest BCUT2D eigenvalue weighted by molar-refractivity contribution is 5.85. The quantitative estimate of drug-likeness (QED) is 0.803. The molecule has 0 aromatic rings. The smallest absolute Gasteiger partial charge is 0.242 e. The number of carbonyl (C=O) groups is 1. The van der Waals surface area contributed by atoms with E-state index in [1.165, 1.54) is 0 Å². The molecule has 0 bridgehead atoms. The Hall–Kier alpha value is -1.08. The Bertz CT molecular complexity index is 336.